The lowest BCUT2D eigenvalue weighted by Gasteiger charge is -2.18. The first-order chi connectivity index (χ1) is 13.0. The van der Waals surface area contributed by atoms with Gasteiger partial charge in [-0.1, -0.05) is 52.3 Å². The zero-order chi connectivity index (χ0) is 19.6. The van der Waals surface area contributed by atoms with E-state index in [9.17, 15) is 9.59 Å². The fourth-order valence-electron chi connectivity index (χ4n) is 2.54. The average Bonchev–Trinajstić information content (AvgIpc) is 2.67. The van der Waals surface area contributed by atoms with Crippen LogP contribution in [0.3, 0.4) is 0 Å². The van der Waals surface area contributed by atoms with E-state index in [-0.39, 0.29) is 18.9 Å². The van der Waals surface area contributed by atoms with Crippen molar-refractivity contribution in [2.45, 2.75) is 26.3 Å². The minimum absolute atomic E-state index is 0.200. The molecule has 2 aromatic carbocycles. The van der Waals surface area contributed by atoms with Crippen LogP contribution in [0.2, 0.25) is 0 Å². The Bertz CT molecular complexity index is 778. The molecule has 0 unspecified atom stereocenters. The van der Waals surface area contributed by atoms with Gasteiger partial charge < -0.3 is 14.4 Å². The topological polar surface area (TPSA) is 55.8 Å². The number of esters is 1. The van der Waals surface area contributed by atoms with Crippen LogP contribution in [0.4, 0.5) is 0 Å². The van der Waals surface area contributed by atoms with Crippen LogP contribution >= 0.6 is 15.9 Å². The van der Waals surface area contributed by atoms with E-state index in [0.29, 0.717) is 19.6 Å². The van der Waals surface area contributed by atoms with Gasteiger partial charge in [-0.2, -0.15) is 0 Å². The molecule has 5 nitrogen and oxygen atoms in total. The van der Waals surface area contributed by atoms with Gasteiger partial charge >= 0.3 is 5.97 Å². The van der Waals surface area contributed by atoms with E-state index >= 15 is 0 Å². The Kier molecular flexibility index (Phi) is 8.33. The predicted molar refractivity (Wildman–Crippen MR) is 108 cm³/mol. The van der Waals surface area contributed by atoms with Crippen LogP contribution in [0.25, 0.3) is 0 Å². The lowest BCUT2D eigenvalue weighted by Crippen LogP contribution is -2.31. The van der Waals surface area contributed by atoms with Gasteiger partial charge in [-0.25, -0.2) is 0 Å². The highest BCUT2D eigenvalue weighted by atomic mass is 79.9. The summed E-state index contributed by atoms with van der Waals surface area (Å²) in [6, 6.07) is 15.3. The molecular weight excluding hydrogens is 410 g/mol. The molecule has 0 atom stereocenters. The molecule has 0 spiro atoms. The van der Waals surface area contributed by atoms with Gasteiger partial charge in [0.1, 0.15) is 5.75 Å². The van der Waals surface area contributed by atoms with E-state index in [4.69, 9.17) is 9.47 Å². The average molecular weight is 434 g/mol. The van der Waals surface area contributed by atoms with Gasteiger partial charge in [-0.3, -0.25) is 9.59 Å². The number of hydrogen-bond acceptors (Lipinski definition) is 4. The zero-order valence-corrected chi connectivity index (χ0v) is 17.2. The van der Waals surface area contributed by atoms with Gasteiger partial charge in [0.25, 0.3) is 5.91 Å². The van der Waals surface area contributed by atoms with E-state index in [1.165, 1.54) is 4.90 Å². The number of amides is 1. The fourth-order valence-corrected chi connectivity index (χ4v) is 2.95. The summed E-state index contributed by atoms with van der Waals surface area (Å²) >= 11 is 3.46. The third-order valence-electron chi connectivity index (χ3n) is 4.02. The van der Waals surface area contributed by atoms with E-state index in [1.807, 2.05) is 55.5 Å². The van der Waals surface area contributed by atoms with Crippen molar-refractivity contribution in [1.82, 2.24) is 4.90 Å². The molecule has 0 saturated heterocycles. The van der Waals surface area contributed by atoms with Gasteiger partial charge in [0.2, 0.25) is 0 Å². The minimum atomic E-state index is -0.399. The number of ether oxygens (including phenoxy) is 2. The van der Waals surface area contributed by atoms with Crippen molar-refractivity contribution < 1.29 is 19.1 Å². The number of rotatable bonds is 9. The molecule has 2 rings (SSSR count). The Balaban J connectivity index is 1.78. The monoisotopic (exact) mass is 433 g/mol. The third-order valence-corrected chi connectivity index (χ3v) is 4.79. The fraction of sp³-hybridized carbons (Fsp3) is 0.333. The van der Waals surface area contributed by atoms with Crippen molar-refractivity contribution in [2.24, 2.45) is 0 Å². The van der Waals surface area contributed by atoms with Crippen LogP contribution < -0.4 is 4.74 Å². The molecule has 0 heterocycles. The Morgan fingerprint density at radius 3 is 2.41 bits per heavy atom. The van der Waals surface area contributed by atoms with Crippen LogP contribution in [0, 0.1) is 0 Å². The smallest absolute Gasteiger partial charge is 0.306 e. The largest absolute Gasteiger partial charge is 0.494 e. The molecule has 0 fully saturated rings. The summed E-state index contributed by atoms with van der Waals surface area (Å²) in [7, 11) is 1.69. The van der Waals surface area contributed by atoms with Crippen molar-refractivity contribution in [3.8, 4) is 5.75 Å². The molecule has 0 radical (unpaired) electrons. The summed E-state index contributed by atoms with van der Waals surface area (Å²) < 4.78 is 11.6. The van der Waals surface area contributed by atoms with Crippen molar-refractivity contribution in [3.63, 3.8) is 0 Å². The van der Waals surface area contributed by atoms with Crippen molar-refractivity contribution in [1.29, 1.82) is 0 Å². The van der Waals surface area contributed by atoms with Crippen molar-refractivity contribution in [2.75, 3.05) is 20.3 Å². The highest BCUT2D eigenvalue weighted by molar-refractivity contribution is 9.10. The quantitative estimate of drug-likeness (QED) is 0.561. The maximum absolute atomic E-state index is 12.2. The van der Waals surface area contributed by atoms with Crippen LogP contribution in [0.15, 0.2) is 53.0 Å². The second-order valence-corrected chi connectivity index (χ2v) is 6.90. The summed E-state index contributed by atoms with van der Waals surface area (Å²) in [5.74, 6) is 0.134. The van der Waals surface area contributed by atoms with E-state index in [1.54, 1.807) is 7.05 Å². The Labute approximate surface area is 168 Å². The lowest BCUT2D eigenvalue weighted by molar-refractivity contribution is -0.151. The standard InChI is InChI=1S/C21H24BrNO4/c1-3-26-19-11-7-5-8-16(19)12-13-21(25)27-15-20(24)23(2)14-17-9-4-6-10-18(17)22/h4-11H,3,12-15H2,1-2H3. The van der Waals surface area contributed by atoms with Crippen LogP contribution in [-0.2, 0) is 27.3 Å². The van der Waals surface area contributed by atoms with Crippen LogP contribution in [0.5, 0.6) is 5.75 Å². The van der Waals surface area contributed by atoms with Crippen molar-refractivity contribution >= 4 is 27.8 Å². The number of benzene rings is 2. The Morgan fingerprint density at radius 2 is 1.70 bits per heavy atom. The molecule has 27 heavy (non-hydrogen) atoms. The first-order valence-corrected chi connectivity index (χ1v) is 9.64. The van der Waals surface area contributed by atoms with E-state index in [0.717, 1.165) is 21.3 Å². The van der Waals surface area contributed by atoms with E-state index in [2.05, 4.69) is 15.9 Å². The summed E-state index contributed by atoms with van der Waals surface area (Å²) in [5, 5.41) is 0. The molecule has 0 aliphatic rings. The molecule has 0 aliphatic heterocycles. The van der Waals surface area contributed by atoms with E-state index < -0.39 is 5.97 Å². The molecular formula is C21H24BrNO4. The summed E-state index contributed by atoms with van der Waals surface area (Å²) in [5.41, 5.74) is 1.95. The second-order valence-electron chi connectivity index (χ2n) is 6.04. The van der Waals surface area contributed by atoms with Crippen LogP contribution in [-0.4, -0.2) is 37.0 Å². The zero-order valence-electron chi connectivity index (χ0n) is 15.6. The first kappa shape index (κ1) is 21.0. The van der Waals surface area contributed by atoms with Gasteiger partial charge in [-0.05, 0) is 36.6 Å². The third kappa shape index (κ3) is 6.71. The number of likely N-dealkylation sites (N-methyl/N-ethyl adjacent to an activating group) is 1. The number of halogens is 1. The number of carbonyl (C=O) groups is 2. The van der Waals surface area contributed by atoms with Gasteiger partial charge in [0, 0.05) is 24.5 Å². The van der Waals surface area contributed by atoms with Crippen molar-refractivity contribution in [3.05, 3.63) is 64.1 Å². The maximum atomic E-state index is 12.2. The molecule has 0 aromatic heterocycles. The number of carbonyl (C=O) groups excluding carboxylic acids is 2. The molecule has 0 bridgehead atoms. The number of para-hydroxylation sites is 1. The highest BCUT2D eigenvalue weighted by Gasteiger charge is 2.14. The molecule has 6 heteroatoms. The first-order valence-electron chi connectivity index (χ1n) is 8.85. The highest BCUT2D eigenvalue weighted by Crippen LogP contribution is 2.20. The number of hydrogen-bond donors (Lipinski definition) is 0. The summed E-state index contributed by atoms with van der Waals surface area (Å²) in [6.07, 6.45) is 0.710. The number of aryl methyl sites for hydroxylation is 1. The summed E-state index contributed by atoms with van der Waals surface area (Å²) in [6.45, 7) is 2.67. The molecule has 0 aliphatic carbocycles. The van der Waals surface area contributed by atoms with Gasteiger partial charge in [0.05, 0.1) is 6.61 Å². The van der Waals surface area contributed by atoms with Gasteiger partial charge in [0.15, 0.2) is 6.61 Å². The minimum Gasteiger partial charge on any atom is -0.494 e. The number of nitrogens with zero attached hydrogens (tertiary/aromatic N) is 1. The molecule has 144 valence electrons. The van der Waals surface area contributed by atoms with Gasteiger partial charge in [-0.15, -0.1) is 0 Å². The maximum Gasteiger partial charge on any atom is 0.306 e. The molecule has 2 aromatic rings. The Hall–Kier alpha value is -2.34. The normalized spacial score (nSPS) is 10.3. The molecule has 1 amide bonds. The molecule has 0 saturated carbocycles. The Morgan fingerprint density at radius 1 is 1.04 bits per heavy atom. The lowest BCUT2D eigenvalue weighted by atomic mass is 10.1. The summed E-state index contributed by atoms with van der Waals surface area (Å²) in [4.78, 5) is 25.7. The second kappa shape index (κ2) is 10.7. The molecule has 0 N–H and O–H groups in total. The SMILES string of the molecule is CCOc1ccccc1CCC(=O)OCC(=O)N(C)Cc1ccccc1Br. The predicted octanol–water partition coefficient (Wildman–Crippen LogP) is 3.98. The van der Waals surface area contributed by atoms with Crippen LogP contribution in [0.1, 0.15) is 24.5 Å².